The first kappa shape index (κ1) is 21.6. The summed E-state index contributed by atoms with van der Waals surface area (Å²) in [6.45, 7) is 11.5. The van der Waals surface area contributed by atoms with Gasteiger partial charge >= 0.3 is 5.97 Å². The van der Waals surface area contributed by atoms with Gasteiger partial charge in [-0.1, -0.05) is 12.8 Å². The van der Waals surface area contributed by atoms with Crippen LogP contribution < -0.4 is 4.90 Å². The maximum atomic E-state index is 12.2. The third-order valence-corrected chi connectivity index (χ3v) is 7.05. The number of aliphatic carboxylic acids is 1. The molecule has 1 aromatic rings. The van der Waals surface area contributed by atoms with E-state index in [2.05, 4.69) is 25.8 Å². The van der Waals surface area contributed by atoms with E-state index < -0.39 is 17.7 Å². The second-order valence-electron chi connectivity index (χ2n) is 9.54. The van der Waals surface area contributed by atoms with Crippen molar-refractivity contribution < 1.29 is 14.6 Å². The van der Waals surface area contributed by atoms with E-state index in [1.807, 2.05) is 34.6 Å². The molecule has 1 aliphatic carbocycles. The maximum Gasteiger partial charge on any atom is 0.337 e. The lowest BCUT2D eigenvalue weighted by Gasteiger charge is -2.43. The minimum atomic E-state index is -1.04. The van der Waals surface area contributed by atoms with Gasteiger partial charge in [-0.25, -0.2) is 4.79 Å². The molecule has 1 unspecified atom stereocenters. The molecule has 0 amide bonds. The topological polar surface area (TPSA) is 62.7 Å². The van der Waals surface area contributed by atoms with Crippen LogP contribution in [-0.2, 0) is 9.53 Å². The van der Waals surface area contributed by atoms with Crippen molar-refractivity contribution in [1.29, 1.82) is 0 Å². The lowest BCUT2D eigenvalue weighted by atomic mass is 9.78. The molecule has 0 aromatic carbocycles. The van der Waals surface area contributed by atoms with E-state index >= 15 is 0 Å². The van der Waals surface area contributed by atoms with Crippen molar-refractivity contribution in [2.75, 3.05) is 18.0 Å². The predicted molar refractivity (Wildman–Crippen MR) is 115 cm³/mol. The van der Waals surface area contributed by atoms with Crippen LogP contribution in [0, 0.1) is 19.3 Å². The minimum Gasteiger partial charge on any atom is -0.479 e. The highest BCUT2D eigenvalue weighted by Gasteiger charge is 2.41. The fraction of sp³-hybridized carbons (Fsp3) is 0.727. The largest absolute Gasteiger partial charge is 0.479 e. The summed E-state index contributed by atoms with van der Waals surface area (Å²) >= 11 is 3.74. The molecule has 2 aliphatic rings. The van der Waals surface area contributed by atoms with Gasteiger partial charge in [0.1, 0.15) is 0 Å². The second kappa shape index (κ2) is 7.94. The first-order valence-electron chi connectivity index (χ1n) is 10.4. The third-order valence-electron chi connectivity index (χ3n) is 6.11. The van der Waals surface area contributed by atoms with E-state index in [4.69, 9.17) is 4.74 Å². The minimum absolute atomic E-state index is 0.379. The number of hydrogen-bond acceptors (Lipinski definition) is 4. The molecule has 2 fully saturated rings. The summed E-state index contributed by atoms with van der Waals surface area (Å²) in [7, 11) is 0. The van der Waals surface area contributed by atoms with Crippen LogP contribution in [0.3, 0.4) is 0 Å². The smallest absolute Gasteiger partial charge is 0.337 e. The number of aromatic nitrogens is 1. The number of carboxylic acid groups (broad SMARTS) is 1. The number of piperidine rings is 1. The van der Waals surface area contributed by atoms with Gasteiger partial charge in [-0.15, -0.1) is 0 Å². The number of aryl methyl sites for hydroxylation is 2. The number of anilines is 1. The monoisotopic (exact) mass is 452 g/mol. The van der Waals surface area contributed by atoms with Crippen LogP contribution in [0.2, 0.25) is 0 Å². The average molecular weight is 453 g/mol. The standard InChI is InChI=1S/C22H33BrN2O3/c1-14-16(19(20(26)27)28-21(3,4)5)18(17(23)15(2)24-14)25-12-8-11-22(13-25)9-6-7-10-22/h19H,6-13H2,1-5H3,(H,26,27). The Hall–Kier alpha value is -1.14. The summed E-state index contributed by atoms with van der Waals surface area (Å²) in [6, 6.07) is 0. The second-order valence-corrected chi connectivity index (χ2v) is 10.3. The van der Waals surface area contributed by atoms with Gasteiger partial charge < -0.3 is 14.7 Å². The lowest BCUT2D eigenvalue weighted by molar-refractivity contribution is -0.160. The van der Waals surface area contributed by atoms with Crippen LogP contribution in [0.5, 0.6) is 0 Å². The Kier molecular flexibility index (Phi) is 6.12. The Labute approximate surface area is 177 Å². The van der Waals surface area contributed by atoms with Crippen LogP contribution in [0.15, 0.2) is 4.47 Å². The Balaban J connectivity index is 2.10. The Bertz CT molecular complexity index is 751. The van der Waals surface area contributed by atoms with Gasteiger partial charge in [-0.3, -0.25) is 4.98 Å². The molecule has 5 nitrogen and oxygen atoms in total. The summed E-state index contributed by atoms with van der Waals surface area (Å²) in [5.41, 5.74) is 3.09. The molecule has 6 heteroatoms. The van der Waals surface area contributed by atoms with Gasteiger partial charge in [0, 0.05) is 24.3 Å². The zero-order valence-corrected chi connectivity index (χ0v) is 19.4. The number of halogens is 1. The van der Waals surface area contributed by atoms with Crippen LogP contribution >= 0.6 is 15.9 Å². The normalized spacial score (nSPS) is 20.6. The molecule has 3 rings (SSSR count). The number of rotatable bonds is 4. The van der Waals surface area contributed by atoms with Crippen LogP contribution in [0.1, 0.15) is 82.4 Å². The fourth-order valence-electron chi connectivity index (χ4n) is 4.96. The van der Waals surface area contributed by atoms with Crippen molar-refractivity contribution in [2.24, 2.45) is 5.41 Å². The first-order chi connectivity index (χ1) is 13.0. The maximum absolute atomic E-state index is 12.2. The van der Waals surface area contributed by atoms with Gasteiger partial charge in [0.2, 0.25) is 0 Å². The van der Waals surface area contributed by atoms with Gasteiger partial charge in [0.05, 0.1) is 21.5 Å². The van der Waals surface area contributed by atoms with Crippen LogP contribution in [0.25, 0.3) is 0 Å². The summed E-state index contributed by atoms with van der Waals surface area (Å²) in [5.74, 6) is -0.968. The van der Waals surface area contributed by atoms with E-state index in [9.17, 15) is 9.90 Å². The summed E-state index contributed by atoms with van der Waals surface area (Å²) in [4.78, 5) is 19.3. The van der Waals surface area contributed by atoms with E-state index in [0.717, 1.165) is 41.1 Å². The number of carbonyl (C=O) groups is 1. The van der Waals surface area contributed by atoms with Crippen LogP contribution in [0.4, 0.5) is 5.69 Å². The van der Waals surface area contributed by atoms with Crippen LogP contribution in [-0.4, -0.2) is 34.8 Å². The van der Waals surface area contributed by atoms with Gasteiger partial charge in [0.15, 0.2) is 6.10 Å². The molecule has 1 spiro atoms. The number of ether oxygens (including phenoxy) is 1. The van der Waals surface area contributed by atoms with Crippen molar-refractivity contribution in [2.45, 2.75) is 84.8 Å². The number of pyridine rings is 1. The van der Waals surface area contributed by atoms with E-state index in [1.54, 1.807) is 0 Å². The Morgan fingerprint density at radius 2 is 1.79 bits per heavy atom. The lowest BCUT2D eigenvalue weighted by Crippen LogP contribution is -2.43. The molecule has 1 N–H and O–H groups in total. The third kappa shape index (κ3) is 4.38. The molecule has 156 valence electrons. The fourth-order valence-corrected chi connectivity index (χ4v) is 5.52. The number of carboxylic acids is 1. The van der Waals surface area contributed by atoms with Crippen molar-refractivity contribution >= 4 is 27.6 Å². The molecule has 1 saturated carbocycles. The molecule has 1 saturated heterocycles. The molecule has 0 radical (unpaired) electrons. The van der Waals surface area contributed by atoms with Crippen molar-refractivity contribution in [1.82, 2.24) is 4.98 Å². The highest BCUT2D eigenvalue weighted by molar-refractivity contribution is 9.10. The van der Waals surface area contributed by atoms with Crippen molar-refractivity contribution in [3.05, 3.63) is 21.4 Å². The quantitative estimate of drug-likeness (QED) is 0.647. The summed E-state index contributed by atoms with van der Waals surface area (Å²) < 4.78 is 6.92. The van der Waals surface area contributed by atoms with Gasteiger partial charge in [0.25, 0.3) is 0 Å². The zero-order chi connectivity index (χ0) is 20.7. The van der Waals surface area contributed by atoms with Gasteiger partial charge in [-0.05, 0) is 81.6 Å². The molecule has 0 bridgehead atoms. The summed E-state index contributed by atoms with van der Waals surface area (Å²) in [6.07, 6.45) is 6.55. The van der Waals surface area contributed by atoms with E-state index in [-0.39, 0.29) is 0 Å². The highest BCUT2D eigenvalue weighted by Crippen LogP contribution is 2.48. The molecule has 28 heavy (non-hydrogen) atoms. The number of nitrogens with zero attached hydrogens (tertiary/aromatic N) is 2. The molecule has 1 aromatic heterocycles. The molecule has 2 heterocycles. The molecule has 1 atom stereocenters. The first-order valence-corrected chi connectivity index (χ1v) is 11.1. The average Bonchev–Trinajstić information content (AvgIpc) is 3.02. The molecule has 1 aliphatic heterocycles. The van der Waals surface area contributed by atoms with Crippen molar-refractivity contribution in [3.63, 3.8) is 0 Å². The molecular weight excluding hydrogens is 420 g/mol. The Morgan fingerprint density at radius 1 is 1.18 bits per heavy atom. The number of hydrogen-bond donors (Lipinski definition) is 1. The van der Waals surface area contributed by atoms with Crippen molar-refractivity contribution in [3.8, 4) is 0 Å². The Morgan fingerprint density at radius 3 is 2.36 bits per heavy atom. The summed E-state index contributed by atoms with van der Waals surface area (Å²) in [5, 5.41) is 10.0. The van der Waals surface area contributed by atoms with E-state index in [1.165, 1.54) is 32.1 Å². The van der Waals surface area contributed by atoms with E-state index in [0.29, 0.717) is 11.0 Å². The zero-order valence-electron chi connectivity index (χ0n) is 17.8. The molecular formula is C22H33BrN2O3. The van der Waals surface area contributed by atoms with Gasteiger partial charge in [-0.2, -0.15) is 0 Å². The predicted octanol–water partition coefficient (Wildman–Crippen LogP) is 5.56. The SMILES string of the molecule is Cc1nc(C)c(C(OC(C)(C)C)C(=O)O)c(N2CCCC3(CCCC3)C2)c1Br. The highest BCUT2D eigenvalue weighted by atomic mass is 79.9.